The van der Waals surface area contributed by atoms with E-state index in [1.54, 1.807) is 0 Å². The first-order valence-corrected chi connectivity index (χ1v) is 7.61. The maximum absolute atomic E-state index is 12.7. The van der Waals surface area contributed by atoms with Crippen LogP contribution in [0.2, 0.25) is 0 Å². The molecule has 1 aliphatic heterocycles. The van der Waals surface area contributed by atoms with Crippen LogP contribution in [0.15, 0.2) is 48.5 Å². The number of rotatable bonds is 3. The van der Waals surface area contributed by atoms with Gasteiger partial charge in [-0.2, -0.15) is 0 Å². The standard InChI is InChI=1S/C18H21N3O/c1-13-7-6-10-17(19-13)20-18(22)16-12-21(2)11-15(16)14-8-4-3-5-9-14/h3-10,15-16H,11-12H2,1-2H3,(H,19,20,22). The van der Waals surface area contributed by atoms with Gasteiger partial charge in [-0.3, -0.25) is 4.79 Å². The molecule has 1 amide bonds. The van der Waals surface area contributed by atoms with E-state index < -0.39 is 0 Å². The quantitative estimate of drug-likeness (QED) is 0.947. The number of benzene rings is 1. The maximum atomic E-state index is 12.7. The summed E-state index contributed by atoms with van der Waals surface area (Å²) in [4.78, 5) is 19.2. The van der Waals surface area contributed by atoms with Crippen LogP contribution in [0, 0.1) is 12.8 Å². The van der Waals surface area contributed by atoms with E-state index in [1.165, 1.54) is 5.56 Å². The summed E-state index contributed by atoms with van der Waals surface area (Å²) in [5.41, 5.74) is 2.13. The lowest BCUT2D eigenvalue weighted by atomic mass is 9.88. The van der Waals surface area contributed by atoms with E-state index in [1.807, 2.05) is 43.3 Å². The van der Waals surface area contributed by atoms with Gasteiger partial charge in [-0.25, -0.2) is 4.98 Å². The molecule has 114 valence electrons. The third kappa shape index (κ3) is 3.17. The number of hydrogen-bond donors (Lipinski definition) is 1. The van der Waals surface area contributed by atoms with Gasteiger partial charge in [-0.1, -0.05) is 36.4 Å². The molecule has 0 radical (unpaired) electrons. The molecule has 2 aromatic rings. The zero-order chi connectivity index (χ0) is 15.5. The van der Waals surface area contributed by atoms with Crippen LogP contribution >= 0.6 is 0 Å². The van der Waals surface area contributed by atoms with Crippen LogP contribution in [0.4, 0.5) is 5.82 Å². The van der Waals surface area contributed by atoms with Crippen LogP contribution < -0.4 is 5.32 Å². The molecule has 1 saturated heterocycles. The Hall–Kier alpha value is -2.20. The minimum atomic E-state index is -0.0466. The monoisotopic (exact) mass is 295 g/mol. The Balaban J connectivity index is 1.78. The third-order valence-corrected chi connectivity index (χ3v) is 4.21. The minimum Gasteiger partial charge on any atom is -0.310 e. The van der Waals surface area contributed by atoms with E-state index in [9.17, 15) is 4.79 Å². The average molecular weight is 295 g/mol. The van der Waals surface area contributed by atoms with Gasteiger partial charge in [0.25, 0.3) is 0 Å². The molecule has 4 nitrogen and oxygen atoms in total. The average Bonchev–Trinajstić information content (AvgIpc) is 2.90. The van der Waals surface area contributed by atoms with E-state index in [4.69, 9.17) is 0 Å². The number of carbonyl (C=O) groups excluding carboxylic acids is 1. The van der Waals surface area contributed by atoms with Gasteiger partial charge in [0.05, 0.1) is 5.92 Å². The molecule has 1 N–H and O–H groups in total. The molecule has 1 aromatic heterocycles. The Kier molecular flexibility index (Phi) is 4.20. The Labute approximate surface area is 131 Å². The second-order valence-corrected chi connectivity index (χ2v) is 6.00. The van der Waals surface area contributed by atoms with Gasteiger partial charge in [0, 0.05) is 24.7 Å². The van der Waals surface area contributed by atoms with Crippen LogP contribution in [0.1, 0.15) is 17.2 Å². The third-order valence-electron chi connectivity index (χ3n) is 4.21. The predicted octanol–water partition coefficient (Wildman–Crippen LogP) is 2.67. The molecule has 2 atom stereocenters. The lowest BCUT2D eigenvalue weighted by Crippen LogP contribution is -2.28. The Morgan fingerprint density at radius 1 is 1.14 bits per heavy atom. The smallest absolute Gasteiger partial charge is 0.230 e. The summed E-state index contributed by atoms with van der Waals surface area (Å²) in [6.07, 6.45) is 0. The molecule has 1 aliphatic rings. The summed E-state index contributed by atoms with van der Waals surface area (Å²) in [6, 6.07) is 16.0. The molecule has 3 rings (SSSR count). The molecule has 0 bridgehead atoms. The summed E-state index contributed by atoms with van der Waals surface area (Å²) >= 11 is 0. The number of aromatic nitrogens is 1. The number of nitrogens with one attached hydrogen (secondary N) is 1. The number of likely N-dealkylation sites (tertiary alicyclic amines) is 1. The van der Waals surface area contributed by atoms with Crippen molar-refractivity contribution < 1.29 is 4.79 Å². The molecule has 4 heteroatoms. The highest BCUT2D eigenvalue weighted by molar-refractivity contribution is 5.92. The number of hydrogen-bond acceptors (Lipinski definition) is 3. The minimum absolute atomic E-state index is 0.0466. The van der Waals surface area contributed by atoms with Crippen molar-refractivity contribution in [2.75, 3.05) is 25.5 Å². The van der Waals surface area contributed by atoms with Crippen molar-refractivity contribution in [2.45, 2.75) is 12.8 Å². The van der Waals surface area contributed by atoms with Crippen molar-refractivity contribution in [3.05, 3.63) is 59.8 Å². The topological polar surface area (TPSA) is 45.2 Å². The first-order valence-electron chi connectivity index (χ1n) is 7.61. The zero-order valence-electron chi connectivity index (χ0n) is 13.0. The number of pyridine rings is 1. The second-order valence-electron chi connectivity index (χ2n) is 6.00. The normalized spacial score (nSPS) is 21.7. The van der Waals surface area contributed by atoms with Crippen molar-refractivity contribution in [2.24, 2.45) is 5.92 Å². The zero-order valence-corrected chi connectivity index (χ0v) is 13.0. The lowest BCUT2D eigenvalue weighted by molar-refractivity contribution is -0.119. The van der Waals surface area contributed by atoms with Crippen LogP contribution in [0.5, 0.6) is 0 Å². The summed E-state index contributed by atoms with van der Waals surface area (Å²) in [5, 5.41) is 2.97. The number of likely N-dealkylation sites (N-methyl/N-ethyl adjacent to an activating group) is 1. The van der Waals surface area contributed by atoms with Gasteiger partial charge >= 0.3 is 0 Å². The first kappa shape index (κ1) is 14.7. The van der Waals surface area contributed by atoms with Gasteiger partial charge in [0.15, 0.2) is 0 Å². The maximum Gasteiger partial charge on any atom is 0.230 e. The van der Waals surface area contributed by atoms with Crippen molar-refractivity contribution in [3.63, 3.8) is 0 Å². The number of nitrogens with zero attached hydrogens (tertiary/aromatic N) is 2. The molecule has 0 aliphatic carbocycles. The second kappa shape index (κ2) is 6.28. The van der Waals surface area contributed by atoms with Gasteiger partial charge in [-0.15, -0.1) is 0 Å². The van der Waals surface area contributed by atoms with Crippen LogP contribution in [0.3, 0.4) is 0 Å². The Morgan fingerprint density at radius 2 is 1.91 bits per heavy atom. The van der Waals surface area contributed by atoms with E-state index >= 15 is 0 Å². The highest BCUT2D eigenvalue weighted by Crippen LogP contribution is 2.32. The molecule has 1 fully saturated rings. The largest absolute Gasteiger partial charge is 0.310 e. The van der Waals surface area contributed by atoms with Crippen molar-refractivity contribution in [1.82, 2.24) is 9.88 Å². The molecule has 2 unspecified atom stereocenters. The van der Waals surface area contributed by atoms with Crippen LogP contribution in [0.25, 0.3) is 0 Å². The SMILES string of the molecule is Cc1cccc(NC(=O)C2CN(C)CC2c2ccccc2)n1. The van der Waals surface area contributed by atoms with Gasteiger partial charge in [0.1, 0.15) is 5.82 Å². The van der Waals surface area contributed by atoms with Crippen molar-refractivity contribution >= 4 is 11.7 Å². The molecule has 22 heavy (non-hydrogen) atoms. The highest BCUT2D eigenvalue weighted by Gasteiger charge is 2.36. The van der Waals surface area contributed by atoms with Crippen LogP contribution in [-0.4, -0.2) is 35.9 Å². The molecule has 0 saturated carbocycles. The van der Waals surface area contributed by atoms with Crippen molar-refractivity contribution in [3.8, 4) is 0 Å². The van der Waals surface area contributed by atoms with E-state index in [-0.39, 0.29) is 17.7 Å². The van der Waals surface area contributed by atoms with Gasteiger partial charge in [0.2, 0.25) is 5.91 Å². The molecule has 0 spiro atoms. The summed E-state index contributed by atoms with van der Waals surface area (Å²) in [5.74, 6) is 0.869. The number of anilines is 1. The molecular formula is C18H21N3O. The number of aryl methyl sites for hydroxylation is 1. The Morgan fingerprint density at radius 3 is 2.64 bits per heavy atom. The summed E-state index contributed by atoms with van der Waals surface area (Å²) < 4.78 is 0. The van der Waals surface area contributed by atoms with Crippen LogP contribution in [-0.2, 0) is 4.79 Å². The van der Waals surface area contributed by atoms with Gasteiger partial charge in [-0.05, 0) is 31.7 Å². The fraction of sp³-hybridized carbons (Fsp3) is 0.333. The Bertz CT molecular complexity index is 656. The first-order chi connectivity index (χ1) is 10.6. The fourth-order valence-corrected chi connectivity index (χ4v) is 3.14. The summed E-state index contributed by atoms with van der Waals surface area (Å²) in [6.45, 7) is 3.60. The van der Waals surface area contributed by atoms with Crippen molar-refractivity contribution in [1.29, 1.82) is 0 Å². The molecule has 2 heterocycles. The number of carbonyl (C=O) groups is 1. The fourth-order valence-electron chi connectivity index (χ4n) is 3.14. The lowest BCUT2D eigenvalue weighted by Gasteiger charge is -2.18. The van der Waals surface area contributed by atoms with E-state index in [0.717, 1.165) is 18.8 Å². The predicted molar refractivity (Wildman–Crippen MR) is 87.8 cm³/mol. The van der Waals surface area contributed by atoms with E-state index in [2.05, 4.69) is 34.4 Å². The van der Waals surface area contributed by atoms with E-state index in [0.29, 0.717) is 5.82 Å². The highest BCUT2D eigenvalue weighted by atomic mass is 16.2. The molecule has 1 aromatic carbocycles. The summed E-state index contributed by atoms with van der Waals surface area (Å²) in [7, 11) is 2.06. The molecular weight excluding hydrogens is 274 g/mol. The number of amides is 1. The van der Waals surface area contributed by atoms with Gasteiger partial charge < -0.3 is 10.2 Å².